The Bertz CT molecular complexity index is 375. The van der Waals surface area contributed by atoms with Crippen molar-refractivity contribution in [2.75, 3.05) is 0 Å². The lowest BCUT2D eigenvalue weighted by molar-refractivity contribution is -0.119. The average molecular weight is 204 g/mol. The second-order valence-corrected chi connectivity index (χ2v) is 3.52. The lowest BCUT2D eigenvalue weighted by Crippen LogP contribution is -2.37. The fourth-order valence-corrected chi connectivity index (χ4v) is 1.67. The number of benzene rings is 1. The lowest BCUT2D eigenvalue weighted by Gasteiger charge is -2.14. The molecule has 0 spiro atoms. The van der Waals surface area contributed by atoms with Crippen LogP contribution in [0.1, 0.15) is 24.4 Å². The number of carbonyl (C=O) groups is 2. The van der Waals surface area contributed by atoms with Crippen LogP contribution in [0.5, 0.6) is 0 Å². The molecule has 78 valence electrons. The van der Waals surface area contributed by atoms with Gasteiger partial charge in [-0.3, -0.25) is 10.1 Å². The van der Waals surface area contributed by atoms with Gasteiger partial charge in [0.15, 0.2) is 0 Å². The largest absolute Gasteiger partial charge is 0.331 e. The van der Waals surface area contributed by atoms with Crippen molar-refractivity contribution in [2.45, 2.75) is 18.9 Å². The van der Waals surface area contributed by atoms with Crippen molar-refractivity contribution in [1.82, 2.24) is 10.6 Å². The van der Waals surface area contributed by atoms with Crippen molar-refractivity contribution in [1.29, 1.82) is 0 Å². The summed E-state index contributed by atoms with van der Waals surface area (Å²) in [6, 6.07) is 9.17. The van der Waals surface area contributed by atoms with Crippen LogP contribution in [0.25, 0.3) is 0 Å². The fourth-order valence-electron chi connectivity index (χ4n) is 1.67. The van der Waals surface area contributed by atoms with E-state index in [2.05, 4.69) is 10.6 Å². The highest BCUT2D eigenvalue weighted by Crippen LogP contribution is 2.19. The van der Waals surface area contributed by atoms with Gasteiger partial charge in [-0.25, -0.2) is 4.79 Å². The molecule has 0 aliphatic carbocycles. The van der Waals surface area contributed by atoms with Gasteiger partial charge in [0, 0.05) is 6.42 Å². The molecule has 15 heavy (non-hydrogen) atoms. The molecule has 1 aliphatic rings. The smallest absolute Gasteiger partial charge is 0.321 e. The minimum atomic E-state index is -0.411. The number of rotatable bonds is 1. The fraction of sp³-hybridized carbons (Fsp3) is 0.273. The summed E-state index contributed by atoms with van der Waals surface area (Å²) in [4.78, 5) is 22.3. The molecule has 0 radical (unpaired) electrons. The maximum absolute atomic E-state index is 11.2. The highest BCUT2D eigenvalue weighted by molar-refractivity contribution is 5.95. The second-order valence-electron chi connectivity index (χ2n) is 3.52. The van der Waals surface area contributed by atoms with Crippen LogP contribution in [-0.2, 0) is 4.79 Å². The van der Waals surface area contributed by atoms with E-state index in [-0.39, 0.29) is 11.9 Å². The number of imide groups is 1. The highest BCUT2D eigenvalue weighted by Gasteiger charge is 2.21. The molecule has 0 aromatic heterocycles. The van der Waals surface area contributed by atoms with Gasteiger partial charge < -0.3 is 5.32 Å². The SMILES string of the molecule is O=C1CCC(c2ccccc2)NC(=O)N1. The van der Waals surface area contributed by atoms with Crippen molar-refractivity contribution >= 4 is 11.9 Å². The van der Waals surface area contributed by atoms with Crippen molar-refractivity contribution in [3.05, 3.63) is 35.9 Å². The first-order valence-corrected chi connectivity index (χ1v) is 4.91. The van der Waals surface area contributed by atoms with Gasteiger partial charge in [0.1, 0.15) is 0 Å². The summed E-state index contributed by atoms with van der Waals surface area (Å²) >= 11 is 0. The van der Waals surface area contributed by atoms with Crippen LogP contribution in [-0.4, -0.2) is 11.9 Å². The van der Waals surface area contributed by atoms with Crippen LogP contribution in [0, 0.1) is 0 Å². The lowest BCUT2D eigenvalue weighted by atomic mass is 10.0. The van der Waals surface area contributed by atoms with Crippen LogP contribution in [0.4, 0.5) is 4.79 Å². The Morgan fingerprint density at radius 2 is 1.87 bits per heavy atom. The topological polar surface area (TPSA) is 58.2 Å². The molecule has 1 fully saturated rings. The van der Waals surface area contributed by atoms with E-state index in [0.717, 1.165) is 5.56 Å². The van der Waals surface area contributed by atoms with Crippen molar-refractivity contribution in [2.24, 2.45) is 0 Å². The normalized spacial score (nSPS) is 21.5. The van der Waals surface area contributed by atoms with E-state index in [1.165, 1.54) is 0 Å². The zero-order valence-corrected chi connectivity index (χ0v) is 8.19. The summed E-state index contributed by atoms with van der Waals surface area (Å²) in [5, 5.41) is 5.01. The summed E-state index contributed by atoms with van der Waals surface area (Å²) in [6.45, 7) is 0. The van der Waals surface area contributed by atoms with Gasteiger partial charge in [-0.2, -0.15) is 0 Å². The minimum Gasteiger partial charge on any atom is -0.331 e. The van der Waals surface area contributed by atoms with Gasteiger partial charge in [0.2, 0.25) is 5.91 Å². The number of amides is 3. The maximum atomic E-state index is 11.2. The van der Waals surface area contributed by atoms with Gasteiger partial charge in [-0.05, 0) is 12.0 Å². The Labute approximate surface area is 87.7 Å². The first-order valence-electron chi connectivity index (χ1n) is 4.91. The van der Waals surface area contributed by atoms with Crippen LogP contribution < -0.4 is 10.6 Å². The number of carbonyl (C=O) groups excluding carboxylic acids is 2. The molecule has 2 N–H and O–H groups in total. The van der Waals surface area contributed by atoms with Crippen LogP contribution in [0.3, 0.4) is 0 Å². The molecule has 3 amide bonds. The average Bonchev–Trinajstić information content (AvgIpc) is 2.41. The number of urea groups is 1. The molecule has 0 saturated carbocycles. The van der Waals surface area contributed by atoms with E-state index < -0.39 is 6.03 Å². The third-order valence-electron chi connectivity index (χ3n) is 2.42. The maximum Gasteiger partial charge on any atom is 0.321 e. The van der Waals surface area contributed by atoms with Gasteiger partial charge in [-0.1, -0.05) is 30.3 Å². The van der Waals surface area contributed by atoms with Crippen LogP contribution in [0.15, 0.2) is 30.3 Å². The molecule has 1 heterocycles. The molecule has 4 heteroatoms. The molecule has 1 saturated heterocycles. The Hall–Kier alpha value is -1.84. The molecule has 0 bridgehead atoms. The predicted molar refractivity (Wildman–Crippen MR) is 55.1 cm³/mol. The third kappa shape index (κ3) is 2.34. The Morgan fingerprint density at radius 3 is 2.60 bits per heavy atom. The van der Waals surface area contributed by atoms with Crippen molar-refractivity contribution in [3.63, 3.8) is 0 Å². The van der Waals surface area contributed by atoms with Crippen molar-refractivity contribution < 1.29 is 9.59 Å². The third-order valence-corrected chi connectivity index (χ3v) is 2.42. The molecular formula is C11H12N2O2. The quantitative estimate of drug-likeness (QED) is 0.725. The number of hydrogen-bond donors (Lipinski definition) is 2. The molecule has 4 nitrogen and oxygen atoms in total. The first-order chi connectivity index (χ1) is 7.25. The van der Waals surface area contributed by atoms with Gasteiger partial charge >= 0.3 is 6.03 Å². The standard InChI is InChI=1S/C11H12N2O2/c14-10-7-6-9(12-11(15)13-10)8-4-2-1-3-5-8/h1-5,9H,6-7H2,(H2,12,13,14,15). The summed E-state index contributed by atoms with van der Waals surface area (Å²) < 4.78 is 0. The predicted octanol–water partition coefficient (Wildman–Crippen LogP) is 1.35. The van der Waals surface area contributed by atoms with E-state index in [1.807, 2.05) is 30.3 Å². The number of hydrogen-bond acceptors (Lipinski definition) is 2. The second kappa shape index (κ2) is 4.13. The Balaban J connectivity index is 2.16. The zero-order chi connectivity index (χ0) is 10.7. The van der Waals surface area contributed by atoms with Crippen LogP contribution in [0.2, 0.25) is 0 Å². The zero-order valence-electron chi connectivity index (χ0n) is 8.19. The molecule has 1 aromatic carbocycles. The van der Waals surface area contributed by atoms with Gasteiger partial charge in [0.05, 0.1) is 6.04 Å². The van der Waals surface area contributed by atoms with E-state index >= 15 is 0 Å². The van der Waals surface area contributed by atoms with E-state index in [4.69, 9.17) is 0 Å². The van der Waals surface area contributed by atoms with Gasteiger partial charge in [-0.15, -0.1) is 0 Å². The molecule has 1 unspecified atom stereocenters. The first kappa shape index (κ1) is 9.71. The summed E-state index contributed by atoms with van der Waals surface area (Å²) in [7, 11) is 0. The van der Waals surface area contributed by atoms with E-state index in [9.17, 15) is 9.59 Å². The molecule has 1 atom stereocenters. The molecule has 1 aliphatic heterocycles. The monoisotopic (exact) mass is 204 g/mol. The Kier molecular flexibility index (Phi) is 2.67. The van der Waals surface area contributed by atoms with E-state index in [0.29, 0.717) is 12.8 Å². The van der Waals surface area contributed by atoms with Crippen LogP contribution >= 0.6 is 0 Å². The summed E-state index contributed by atoms with van der Waals surface area (Å²) in [5.41, 5.74) is 1.03. The number of nitrogens with one attached hydrogen (secondary N) is 2. The van der Waals surface area contributed by atoms with Gasteiger partial charge in [0.25, 0.3) is 0 Å². The molecule has 2 rings (SSSR count). The van der Waals surface area contributed by atoms with E-state index in [1.54, 1.807) is 0 Å². The molecular weight excluding hydrogens is 192 g/mol. The Morgan fingerprint density at radius 1 is 1.13 bits per heavy atom. The minimum absolute atomic E-state index is 0.0716. The summed E-state index contributed by atoms with van der Waals surface area (Å²) in [5.74, 6) is -0.217. The molecule has 1 aromatic rings. The highest BCUT2D eigenvalue weighted by atomic mass is 16.2. The summed E-state index contributed by atoms with van der Waals surface area (Å²) in [6.07, 6.45) is 1.01. The van der Waals surface area contributed by atoms with Crippen molar-refractivity contribution in [3.8, 4) is 0 Å².